The van der Waals surface area contributed by atoms with Crippen molar-refractivity contribution in [3.63, 3.8) is 0 Å². The Morgan fingerprint density at radius 1 is 1.48 bits per heavy atom. The Morgan fingerprint density at radius 3 is 3.13 bits per heavy atom. The van der Waals surface area contributed by atoms with Crippen LogP contribution in [0.3, 0.4) is 0 Å². The lowest BCUT2D eigenvalue weighted by Gasteiger charge is -2.54. The number of aliphatic hydroxyl groups is 1. The third-order valence-electron chi connectivity index (χ3n) is 5.94. The second-order valence-electron chi connectivity index (χ2n) is 6.77. The van der Waals surface area contributed by atoms with Crippen LogP contribution in [0.2, 0.25) is 0 Å². The summed E-state index contributed by atoms with van der Waals surface area (Å²) in [6.07, 6.45) is 2.90. The molecule has 2 bridgehead atoms. The topological polar surface area (TPSA) is 41.9 Å². The molecule has 2 heterocycles. The molecule has 1 aromatic rings. The van der Waals surface area contributed by atoms with E-state index in [1.165, 1.54) is 0 Å². The maximum absolute atomic E-state index is 10.6. The zero-order chi connectivity index (χ0) is 17.6. The van der Waals surface area contributed by atoms with Crippen molar-refractivity contribution in [2.45, 2.75) is 42.9 Å². The molecule has 1 spiro atoms. The molecule has 1 fully saturated rings. The predicted molar refractivity (Wildman–Crippen MR) is 92.9 cm³/mol. The first-order valence-corrected chi connectivity index (χ1v) is 7.90. The number of aliphatic hydroxyl groups excluding tert-OH is 1. The standard InChI is InChI=1S/C18H21NO3.BrH/c1-19-8-7-18-11-4-5-13(20)17(18)22-16-14(21-2)6-3-10(15(16)18)9-12(11)19;/h3-4,6,12-13,17,20H,5,7-9H2,1-2H3;1H/t12-,13+,17+,18+;/m1./s1/i1D3;. The number of rotatable bonds is 1. The molecule has 0 aromatic heterocycles. The van der Waals surface area contributed by atoms with Crippen molar-refractivity contribution in [3.05, 3.63) is 34.9 Å². The molecule has 5 heteroatoms. The third kappa shape index (κ3) is 1.68. The van der Waals surface area contributed by atoms with Crippen molar-refractivity contribution in [1.82, 2.24) is 4.90 Å². The molecule has 124 valence electrons. The smallest absolute Gasteiger partial charge is 0.166 e. The van der Waals surface area contributed by atoms with Gasteiger partial charge in [0, 0.05) is 15.7 Å². The summed E-state index contributed by atoms with van der Waals surface area (Å²) in [5.41, 5.74) is 2.93. The highest BCUT2D eigenvalue weighted by Gasteiger charge is 2.62. The molecule has 0 amide bonds. The van der Waals surface area contributed by atoms with Gasteiger partial charge in [-0.25, -0.2) is 0 Å². The fraction of sp³-hybridized carbons (Fsp3) is 0.556. The molecule has 0 radical (unpaired) electrons. The van der Waals surface area contributed by atoms with Gasteiger partial charge in [0.2, 0.25) is 0 Å². The number of halogens is 1. The van der Waals surface area contributed by atoms with Gasteiger partial charge in [0.1, 0.15) is 6.10 Å². The fourth-order valence-corrected chi connectivity index (χ4v) is 5.07. The van der Waals surface area contributed by atoms with Crippen molar-refractivity contribution in [2.24, 2.45) is 0 Å². The highest BCUT2D eigenvalue weighted by atomic mass is 79.9. The minimum atomic E-state index is -2.12. The number of likely N-dealkylation sites (N-methyl/N-ethyl adjacent to an activating group) is 1. The molecular weight excluding hydrogens is 358 g/mol. The van der Waals surface area contributed by atoms with Gasteiger partial charge in [0.15, 0.2) is 11.5 Å². The zero-order valence-corrected chi connectivity index (χ0v) is 14.6. The van der Waals surface area contributed by atoms with E-state index in [1.54, 1.807) is 12.0 Å². The lowest BCUT2D eigenvalue weighted by atomic mass is 9.56. The summed E-state index contributed by atoms with van der Waals surface area (Å²) in [6.45, 7) is -1.65. The first-order valence-electron chi connectivity index (χ1n) is 9.40. The molecule has 0 unspecified atom stereocenters. The summed E-state index contributed by atoms with van der Waals surface area (Å²) in [7, 11) is 1.62. The van der Waals surface area contributed by atoms with E-state index in [4.69, 9.17) is 13.6 Å². The summed E-state index contributed by atoms with van der Waals surface area (Å²) in [5, 5.41) is 10.6. The predicted octanol–water partition coefficient (Wildman–Crippen LogP) is 2.22. The molecule has 2 aliphatic heterocycles. The molecule has 23 heavy (non-hydrogen) atoms. The van der Waals surface area contributed by atoms with Crippen LogP contribution in [0.5, 0.6) is 11.5 Å². The second-order valence-corrected chi connectivity index (χ2v) is 6.77. The van der Waals surface area contributed by atoms with Gasteiger partial charge in [0.25, 0.3) is 0 Å². The number of methoxy groups -OCH3 is 1. The summed E-state index contributed by atoms with van der Waals surface area (Å²) in [6, 6.07) is 3.75. The van der Waals surface area contributed by atoms with Crippen LogP contribution in [-0.4, -0.2) is 48.9 Å². The molecule has 5 rings (SSSR count). The van der Waals surface area contributed by atoms with Crippen molar-refractivity contribution in [3.8, 4) is 11.5 Å². The van der Waals surface area contributed by atoms with Crippen LogP contribution >= 0.6 is 17.0 Å². The molecule has 0 saturated carbocycles. The SMILES string of the molecule is Br.[2H]C([2H])([2H])N1CC[C@@]23C4=CC[C@H](O)[C@@H]2Oc2c(OC)ccc(c23)C[C@H]41. The first kappa shape index (κ1) is 12.3. The van der Waals surface area contributed by atoms with Gasteiger partial charge >= 0.3 is 0 Å². The lowest BCUT2D eigenvalue weighted by Crippen LogP contribution is -2.61. The number of benzene rings is 1. The summed E-state index contributed by atoms with van der Waals surface area (Å²) in [4.78, 5) is 1.64. The Kier molecular flexibility index (Phi) is 2.67. The maximum atomic E-state index is 10.6. The van der Waals surface area contributed by atoms with E-state index < -0.39 is 18.5 Å². The minimum absolute atomic E-state index is 0. The molecule has 1 N–H and O–H groups in total. The Labute approximate surface area is 151 Å². The Bertz CT molecular complexity index is 797. The highest BCUT2D eigenvalue weighted by Crippen LogP contribution is 2.62. The van der Waals surface area contributed by atoms with Crippen molar-refractivity contribution in [2.75, 3.05) is 20.6 Å². The number of piperidine rings is 1. The Morgan fingerprint density at radius 2 is 2.35 bits per heavy atom. The minimum Gasteiger partial charge on any atom is -0.493 e. The monoisotopic (exact) mass is 382 g/mol. The average molecular weight is 383 g/mol. The summed E-state index contributed by atoms with van der Waals surface area (Å²) in [5.74, 6) is 1.42. The van der Waals surface area contributed by atoms with Crippen LogP contribution in [0.15, 0.2) is 23.8 Å². The molecular formula is C18H22BrNO3. The van der Waals surface area contributed by atoms with E-state index in [0.717, 1.165) is 22.4 Å². The number of likely N-dealkylation sites (tertiary alicyclic amines) is 1. The molecule has 1 saturated heterocycles. The van der Waals surface area contributed by atoms with Crippen LogP contribution in [0.25, 0.3) is 0 Å². The number of ether oxygens (including phenoxy) is 2. The van der Waals surface area contributed by atoms with Gasteiger partial charge < -0.3 is 14.6 Å². The third-order valence-corrected chi connectivity index (χ3v) is 5.94. The first-order chi connectivity index (χ1) is 11.9. The normalized spacial score (nSPS) is 39.0. The van der Waals surface area contributed by atoms with Crippen LogP contribution in [0.4, 0.5) is 0 Å². The van der Waals surface area contributed by atoms with Crippen LogP contribution in [0.1, 0.15) is 28.1 Å². The van der Waals surface area contributed by atoms with Crippen LogP contribution < -0.4 is 9.47 Å². The van der Waals surface area contributed by atoms with E-state index in [2.05, 4.69) is 6.08 Å². The second kappa shape index (κ2) is 4.98. The van der Waals surface area contributed by atoms with E-state index in [9.17, 15) is 5.11 Å². The number of hydrogen-bond acceptors (Lipinski definition) is 4. The molecule has 4 aliphatic rings. The van der Waals surface area contributed by atoms with Gasteiger partial charge in [-0.1, -0.05) is 12.1 Å². The summed E-state index contributed by atoms with van der Waals surface area (Å²) >= 11 is 0. The zero-order valence-electron chi connectivity index (χ0n) is 15.9. The van der Waals surface area contributed by atoms with Gasteiger partial charge in [-0.2, -0.15) is 0 Å². The van der Waals surface area contributed by atoms with Crippen molar-refractivity contribution in [1.29, 1.82) is 0 Å². The van der Waals surface area contributed by atoms with Crippen LogP contribution in [-0.2, 0) is 11.8 Å². The Hall–Kier alpha value is -1.04. The fourth-order valence-electron chi connectivity index (χ4n) is 5.07. The lowest BCUT2D eigenvalue weighted by molar-refractivity contribution is -0.0124. The largest absolute Gasteiger partial charge is 0.493 e. The van der Waals surface area contributed by atoms with E-state index in [0.29, 0.717) is 31.6 Å². The van der Waals surface area contributed by atoms with Crippen LogP contribution in [0, 0.1) is 0 Å². The van der Waals surface area contributed by atoms with Gasteiger partial charge in [-0.3, -0.25) is 4.90 Å². The van der Waals surface area contributed by atoms with Crippen molar-refractivity contribution < 1.29 is 18.7 Å². The Balaban J connectivity index is 0.00000168. The maximum Gasteiger partial charge on any atom is 0.166 e. The van der Waals surface area contributed by atoms with Crippen molar-refractivity contribution >= 4 is 17.0 Å². The van der Waals surface area contributed by atoms with Gasteiger partial charge in [0.05, 0.1) is 18.6 Å². The summed E-state index contributed by atoms with van der Waals surface area (Å²) < 4.78 is 35.6. The molecule has 2 aliphatic carbocycles. The number of nitrogens with zero attached hydrogens (tertiary/aromatic N) is 1. The average Bonchev–Trinajstić information content (AvgIpc) is 2.89. The highest BCUT2D eigenvalue weighted by molar-refractivity contribution is 8.93. The van der Waals surface area contributed by atoms with Gasteiger partial charge in [-0.15, -0.1) is 17.0 Å². The molecule has 4 atom stereocenters. The van der Waals surface area contributed by atoms with E-state index in [1.807, 2.05) is 12.1 Å². The number of hydrogen-bond donors (Lipinski definition) is 1. The molecule has 1 aromatic carbocycles. The van der Waals surface area contributed by atoms with E-state index >= 15 is 0 Å². The quantitative estimate of drug-likeness (QED) is 0.756. The molecule has 4 nitrogen and oxygen atoms in total. The van der Waals surface area contributed by atoms with Gasteiger partial charge in [-0.05, 0) is 50.0 Å². The van der Waals surface area contributed by atoms with E-state index in [-0.39, 0.29) is 29.1 Å².